The molecule has 70 valence electrons. The first kappa shape index (κ1) is 9.69. The van der Waals surface area contributed by atoms with Crippen molar-refractivity contribution in [1.82, 2.24) is 0 Å². The minimum atomic E-state index is -0.442. The maximum Gasteiger partial charge on any atom is 0.253 e. The van der Waals surface area contributed by atoms with E-state index >= 15 is 0 Å². The second kappa shape index (κ2) is 3.71. The average molecular weight is 270 g/mol. The highest BCUT2D eigenvalue weighted by atomic mass is 79.9. The van der Waals surface area contributed by atoms with Crippen molar-refractivity contribution in [2.75, 3.05) is 0 Å². The molecule has 0 amide bonds. The third-order valence-corrected chi connectivity index (χ3v) is 2.91. The summed E-state index contributed by atoms with van der Waals surface area (Å²) in [5, 5.41) is 1.66. The fourth-order valence-corrected chi connectivity index (χ4v) is 2.17. The van der Waals surface area contributed by atoms with Crippen molar-refractivity contribution in [3.63, 3.8) is 0 Å². The van der Waals surface area contributed by atoms with Crippen LogP contribution in [-0.2, 0) is 0 Å². The lowest BCUT2D eigenvalue weighted by atomic mass is 10.1. The first-order valence-electron chi connectivity index (χ1n) is 4.06. The number of hydrogen-bond acceptors (Lipinski definition) is 1. The van der Waals surface area contributed by atoms with Gasteiger partial charge in [0.2, 0.25) is 0 Å². The van der Waals surface area contributed by atoms with E-state index in [9.17, 15) is 4.79 Å². The predicted molar refractivity (Wildman–Crippen MR) is 61.8 cm³/mol. The van der Waals surface area contributed by atoms with E-state index in [4.69, 9.17) is 11.6 Å². The van der Waals surface area contributed by atoms with Gasteiger partial charge in [-0.15, -0.1) is 0 Å². The quantitative estimate of drug-likeness (QED) is 0.716. The van der Waals surface area contributed by atoms with Crippen molar-refractivity contribution < 1.29 is 4.79 Å². The molecule has 0 aliphatic heterocycles. The van der Waals surface area contributed by atoms with E-state index in [0.717, 1.165) is 15.2 Å². The molecule has 0 aromatic heterocycles. The summed E-state index contributed by atoms with van der Waals surface area (Å²) in [5.41, 5.74) is 0.505. The summed E-state index contributed by atoms with van der Waals surface area (Å²) in [5.74, 6) is 0. The van der Waals surface area contributed by atoms with E-state index in [1.807, 2.05) is 30.3 Å². The Morgan fingerprint density at radius 1 is 1.14 bits per heavy atom. The minimum Gasteiger partial charge on any atom is -0.276 e. The Bertz CT molecular complexity index is 508. The maximum atomic E-state index is 11.0. The molecular weight excluding hydrogens is 263 g/mol. The van der Waals surface area contributed by atoms with Crippen LogP contribution >= 0.6 is 27.5 Å². The van der Waals surface area contributed by atoms with Crippen LogP contribution in [0.25, 0.3) is 10.8 Å². The molecule has 0 atom stereocenters. The Morgan fingerprint density at radius 2 is 1.71 bits per heavy atom. The van der Waals surface area contributed by atoms with Crippen LogP contribution in [0.2, 0.25) is 0 Å². The molecule has 0 radical (unpaired) electrons. The van der Waals surface area contributed by atoms with Crippen LogP contribution in [0.3, 0.4) is 0 Å². The summed E-state index contributed by atoms with van der Waals surface area (Å²) < 4.78 is 0.733. The summed E-state index contributed by atoms with van der Waals surface area (Å²) in [7, 11) is 0. The molecule has 0 unspecified atom stereocenters. The van der Waals surface area contributed by atoms with Gasteiger partial charge in [0.05, 0.1) is 0 Å². The molecule has 0 saturated carbocycles. The number of carbonyl (C=O) groups excluding carboxylic acids is 1. The van der Waals surface area contributed by atoms with Gasteiger partial charge in [0.1, 0.15) is 0 Å². The van der Waals surface area contributed by atoms with Crippen molar-refractivity contribution in [2.24, 2.45) is 0 Å². The van der Waals surface area contributed by atoms with E-state index < -0.39 is 5.24 Å². The first-order valence-corrected chi connectivity index (χ1v) is 5.24. The molecule has 1 nitrogen and oxygen atoms in total. The topological polar surface area (TPSA) is 17.1 Å². The smallest absolute Gasteiger partial charge is 0.253 e. The van der Waals surface area contributed by atoms with Gasteiger partial charge in [-0.1, -0.05) is 24.3 Å². The van der Waals surface area contributed by atoms with E-state index in [-0.39, 0.29) is 0 Å². The Labute approximate surface area is 94.8 Å². The largest absolute Gasteiger partial charge is 0.276 e. The Hall–Kier alpha value is -0.860. The summed E-state index contributed by atoms with van der Waals surface area (Å²) in [6.07, 6.45) is 0. The van der Waals surface area contributed by atoms with Gasteiger partial charge in [-0.3, -0.25) is 4.79 Å². The molecule has 0 aliphatic rings. The second-order valence-corrected chi connectivity index (χ2v) is 4.15. The van der Waals surface area contributed by atoms with E-state index in [1.165, 1.54) is 0 Å². The van der Waals surface area contributed by atoms with Crippen LogP contribution in [0.15, 0.2) is 40.9 Å². The molecule has 3 heteroatoms. The number of benzene rings is 2. The monoisotopic (exact) mass is 268 g/mol. The van der Waals surface area contributed by atoms with Crippen LogP contribution in [-0.4, -0.2) is 5.24 Å². The SMILES string of the molecule is O=C(Cl)c1cc2ccccc2cc1Br. The molecule has 0 bridgehead atoms. The second-order valence-electron chi connectivity index (χ2n) is 2.95. The molecule has 2 aromatic carbocycles. The predicted octanol–water partition coefficient (Wildman–Crippen LogP) is 3.98. The van der Waals surface area contributed by atoms with Crippen LogP contribution in [0.5, 0.6) is 0 Å². The van der Waals surface area contributed by atoms with Crippen LogP contribution in [0.4, 0.5) is 0 Å². The zero-order valence-electron chi connectivity index (χ0n) is 7.13. The Morgan fingerprint density at radius 3 is 2.29 bits per heavy atom. The molecule has 0 heterocycles. The van der Waals surface area contributed by atoms with Gasteiger partial charge in [0, 0.05) is 10.0 Å². The third-order valence-electron chi connectivity index (χ3n) is 2.05. The minimum absolute atomic E-state index is 0.442. The molecule has 0 fully saturated rings. The van der Waals surface area contributed by atoms with E-state index in [2.05, 4.69) is 15.9 Å². The number of halogens is 2. The standard InChI is InChI=1S/C11H6BrClO/c12-10-6-8-4-2-1-3-7(8)5-9(10)11(13)14/h1-6H. The molecule has 0 saturated heterocycles. The fraction of sp³-hybridized carbons (Fsp3) is 0. The van der Waals surface area contributed by atoms with Crippen LogP contribution in [0.1, 0.15) is 10.4 Å². The van der Waals surface area contributed by atoms with Crippen molar-refractivity contribution in [2.45, 2.75) is 0 Å². The lowest BCUT2D eigenvalue weighted by Crippen LogP contribution is -1.90. The van der Waals surface area contributed by atoms with Gasteiger partial charge in [0.25, 0.3) is 5.24 Å². The number of fused-ring (bicyclic) bond motifs is 1. The van der Waals surface area contributed by atoms with Crippen molar-refractivity contribution in [1.29, 1.82) is 0 Å². The molecule has 14 heavy (non-hydrogen) atoms. The van der Waals surface area contributed by atoms with Gasteiger partial charge in [-0.2, -0.15) is 0 Å². The molecule has 0 N–H and O–H groups in total. The Kier molecular flexibility index (Phi) is 2.57. The van der Waals surface area contributed by atoms with Gasteiger partial charge in [0.15, 0.2) is 0 Å². The highest BCUT2D eigenvalue weighted by molar-refractivity contribution is 9.10. The van der Waals surface area contributed by atoms with Gasteiger partial charge < -0.3 is 0 Å². The number of rotatable bonds is 1. The van der Waals surface area contributed by atoms with Crippen LogP contribution < -0.4 is 0 Å². The van der Waals surface area contributed by atoms with Crippen molar-refractivity contribution in [3.8, 4) is 0 Å². The molecule has 0 aliphatic carbocycles. The van der Waals surface area contributed by atoms with Crippen molar-refractivity contribution >= 4 is 43.5 Å². The van der Waals surface area contributed by atoms with E-state index in [0.29, 0.717) is 5.56 Å². The maximum absolute atomic E-state index is 11.0. The fourth-order valence-electron chi connectivity index (χ4n) is 1.36. The zero-order valence-corrected chi connectivity index (χ0v) is 9.47. The first-order chi connectivity index (χ1) is 6.68. The Balaban J connectivity index is 2.77. The van der Waals surface area contributed by atoms with Crippen LogP contribution in [0, 0.1) is 0 Å². The lowest BCUT2D eigenvalue weighted by molar-refractivity contribution is 0.108. The molecule has 2 rings (SSSR count). The number of carbonyl (C=O) groups is 1. The highest BCUT2D eigenvalue weighted by Gasteiger charge is 2.07. The van der Waals surface area contributed by atoms with Gasteiger partial charge in [-0.05, 0) is 50.4 Å². The molecule has 0 spiro atoms. The van der Waals surface area contributed by atoms with Gasteiger partial charge >= 0.3 is 0 Å². The summed E-state index contributed by atoms with van der Waals surface area (Å²) in [4.78, 5) is 11.0. The lowest BCUT2D eigenvalue weighted by Gasteiger charge is -2.02. The highest BCUT2D eigenvalue weighted by Crippen LogP contribution is 2.25. The summed E-state index contributed by atoms with van der Waals surface area (Å²) >= 11 is 8.75. The van der Waals surface area contributed by atoms with Crippen molar-refractivity contribution in [3.05, 3.63) is 46.4 Å². The molecule has 2 aromatic rings. The van der Waals surface area contributed by atoms with E-state index in [1.54, 1.807) is 6.07 Å². The molecular formula is C11H6BrClO. The zero-order chi connectivity index (χ0) is 10.1. The normalized spacial score (nSPS) is 10.4. The average Bonchev–Trinajstić information content (AvgIpc) is 2.16. The third kappa shape index (κ3) is 1.68. The number of hydrogen-bond donors (Lipinski definition) is 0. The summed E-state index contributed by atoms with van der Waals surface area (Å²) in [6, 6.07) is 11.5. The summed E-state index contributed by atoms with van der Waals surface area (Å²) in [6.45, 7) is 0. The van der Waals surface area contributed by atoms with Gasteiger partial charge in [-0.25, -0.2) is 0 Å².